The average Bonchev–Trinajstić information content (AvgIpc) is 2.95. The van der Waals surface area contributed by atoms with Crippen LogP contribution < -0.4 is 5.32 Å². The molecule has 1 saturated heterocycles. The molecule has 1 aliphatic heterocycles. The number of aryl methyl sites for hydroxylation is 1. The van der Waals surface area contributed by atoms with E-state index in [1.807, 2.05) is 0 Å². The van der Waals surface area contributed by atoms with E-state index in [-0.39, 0.29) is 18.3 Å². The number of nitrogens with one attached hydrogen (secondary N) is 1. The van der Waals surface area contributed by atoms with Gasteiger partial charge in [0.2, 0.25) is 0 Å². The van der Waals surface area contributed by atoms with Crippen LogP contribution in [0.2, 0.25) is 0 Å². The first-order chi connectivity index (χ1) is 10.7. The molecule has 0 saturated carbocycles. The van der Waals surface area contributed by atoms with Gasteiger partial charge in [-0.3, -0.25) is 4.79 Å². The second kappa shape index (κ2) is 8.50. The topological polar surface area (TPSA) is 32.3 Å². The van der Waals surface area contributed by atoms with E-state index in [0.717, 1.165) is 62.2 Å². The molecule has 1 aliphatic carbocycles. The molecule has 130 valence electrons. The highest BCUT2D eigenvalue weighted by Gasteiger charge is 2.26. The number of thiophene rings is 1. The molecule has 0 spiro atoms. The Hall–Kier alpha value is -0.580. The fraction of sp³-hybridized carbons (Fsp3) is 0.722. The molecule has 1 atom stereocenters. The Balaban J connectivity index is 0.00000192. The van der Waals surface area contributed by atoms with Crippen molar-refractivity contribution in [1.29, 1.82) is 0 Å². The molecule has 5 heteroatoms. The minimum atomic E-state index is 0. The molecule has 0 aromatic carbocycles. The predicted octanol–water partition coefficient (Wildman–Crippen LogP) is 3.76. The Morgan fingerprint density at radius 1 is 1.35 bits per heavy atom. The molecule has 0 bridgehead atoms. The van der Waals surface area contributed by atoms with Crippen LogP contribution >= 0.6 is 23.7 Å². The van der Waals surface area contributed by atoms with Crippen LogP contribution in [0.15, 0.2) is 6.07 Å². The van der Waals surface area contributed by atoms with Crippen LogP contribution in [0.5, 0.6) is 0 Å². The molecule has 3 nitrogen and oxygen atoms in total. The molecular weight excluding hydrogens is 328 g/mol. The molecule has 1 unspecified atom stereocenters. The standard InChI is InChI=1S/C18H28N2OS.ClH/c1-3-19-12-14-6-8-20(9-7-14)18(21)17-11-15-10-13(2)4-5-16(15)22-17;/h11,13-14,19H,3-10,12H2,1-2H3;1H. The van der Waals surface area contributed by atoms with E-state index in [1.54, 1.807) is 11.3 Å². The number of halogens is 1. The number of amides is 1. The summed E-state index contributed by atoms with van der Waals surface area (Å²) in [5, 5.41) is 3.43. The van der Waals surface area contributed by atoms with Crippen LogP contribution in [0.1, 0.15) is 53.2 Å². The quantitative estimate of drug-likeness (QED) is 0.890. The van der Waals surface area contributed by atoms with E-state index in [0.29, 0.717) is 0 Å². The van der Waals surface area contributed by atoms with Gasteiger partial charge < -0.3 is 10.2 Å². The minimum Gasteiger partial charge on any atom is -0.338 e. The number of hydrogen-bond donors (Lipinski definition) is 1. The van der Waals surface area contributed by atoms with Crippen LogP contribution in [-0.2, 0) is 12.8 Å². The summed E-state index contributed by atoms with van der Waals surface area (Å²) in [6.07, 6.45) is 5.88. The zero-order valence-corrected chi connectivity index (χ0v) is 15.9. The van der Waals surface area contributed by atoms with E-state index >= 15 is 0 Å². The summed E-state index contributed by atoms with van der Waals surface area (Å²) in [4.78, 5) is 17.3. The Labute approximate surface area is 150 Å². The zero-order chi connectivity index (χ0) is 15.5. The summed E-state index contributed by atoms with van der Waals surface area (Å²) in [5.41, 5.74) is 1.44. The fourth-order valence-corrected chi connectivity index (χ4v) is 4.83. The van der Waals surface area contributed by atoms with Crippen LogP contribution in [0.3, 0.4) is 0 Å². The third-order valence-corrected chi connectivity index (χ3v) is 6.35. The summed E-state index contributed by atoms with van der Waals surface area (Å²) in [6.45, 7) is 8.46. The highest BCUT2D eigenvalue weighted by Crippen LogP contribution is 2.33. The first kappa shape index (κ1) is 18.8. The average molecular weight is 357 g/mol. The van der Waals surface area contributed by atoms with Crippen molar-refractivity contribution < 1.29 is 4.79 Å². The number of nitrogens with zero attached hydrogens (tertiary/aromatic N) is 1. The second-order valence-corrected chi connectivity index (χ2v) is 8.09. The lowest BCUT2D eigenvalue weighted by Gasteiger charge is -2.31. The van der Waals surface area contributed by atoms with Crippen molar-refractivity contribution >= 4 is 29.7 Å². The molecule has 1 aromatic heterocycles. The minimum absolute atomic E-state index is 0. The van der Waals surface area contributed by atoms with Crippen LogP contribution in [0.4, 0.5) is 0 Å². The lowest BCUT2D eigenvalue weighted by atomic mass is 9.90. The first-order valence-electron chi connectivity index (χ1n) is 8.79. The summed E-state index contributed by atoms with van der Waals surface area (Å²) < 4.78 is 0. The fourth-order valence-electron chi connectivity index (χ4n) is 3.66. The number of carbonyl (C=O) groups excluding carboxylic acids is 1. The smallest absolute Gasteiger partial charge is 0.263 e. The molecule has 1 fully saturated rings. The molecule has 0 radical (unpaired) electrons. The van der Waals surface area contributed by atoms with E-state index in [4.69, 9.17) is 0 Å². The third-order valence-electron chi connectivity index (χ3n) is 5.12. The van der Waals surface area contributed by atoms with Crippen LogP contribution in [0, 0.1) is 11.8 Å². The molecule has 2 heterocycles. The van der Waals surface area contributed by atoms with Crippen molar-refractivity contribution in [3.05, 3.63) is 21.4 Å². The lowest BCUT2D eigenvalue weighted by molar-refractivity contribution is 0.0695. The molecule has 1 aromatic rings. The van der Waals surface area contributed by atoms with Gasteiger partial charge in [-0.1, -0.05) is 13.8 Å². The van der Waals surface area contributed by atoms with Crippen molar-refractivity contribution in [3.8, 4) is 0 Å². The van der Waals surface area contributed by atoms with Gasteiger partial charge in [0.05, 0.1) is 4.88 Å². The summed E-state index contributed by atoms with van der Waals surface area (Å²) in [5.74, 6) is 1.78. The van der Waals surface area contributed by atoms with E-state index in [9.17, 15) is 4.79 Å². The van der Waals surface area contributed by atoms with Crippen molar-refractivity contribution in [3.63, 3.8) is 0 Å². The number of carbonyl (C=O) groups is 1. The number of hydrogen-bond acceptors (Lipinski definition) is 3. The Bertz CT molecular complexity index is 523. The maximum Gasteiger partial charge on any atom is 0.263 e. The van der Waals surface area contributed by atoms with Gasteiger partial charge in [-0.15, -0.1) is 23.7 Å². The number of rotatable bonds is 4. The molecule has 2 aliphatic rings. The number of piperidine rings is 1. The van der Waals surface area contributed by atoms with Gasteiger partial charge in [-0.2, -0.15) is 0 Å². The van der Waals surface area contributed by atoms with Crippen molar-refractivity contribution in [2.45, 2.75) is 46.0 Å². The molecule has 3 rings (SSSR count). The Morgan fingerprint density at radius 3 is 2.78 bits per heavy atom. The maximum absolute atomic E-state index is 12.7. The monoisotopic (exact) mass is 356 g/mol. The maximum atomic E-state index is 12.7. The van der Waals surface area contributed by atoms with Gasteiger partial charge in [0.25, 0.3) is 5.91 Å². The largest absolute Gasteiger partial charge is 0.338 e. The SMILES string of the molecule is CCNCC1CCN(C(=O)c2cc3c(s2)CCC(C)C3)CC1.Cl. The van der Waals surface area contributed by atoms with Gasteiger partial charge in [0.15, 0.2) is 0 Å². The second-order valence-electron chi connectivity index (χ2n) is 6.95. The lowest BCUT2D eigenvalue weighted by Crippen LogP contribution is -2.40. The summed E-state index contributed by atoms with van der Waals surface area (Å²) >= 11 is 1.75. The number of fused-ring (bicyclic) bond motifs is 1. The summed E-state index contributed by atoms with van der Waals surface area (Å²) in [7, 11) is 0. The zero-order valence-electron chi connectivity index (χ0n) is 14.3. The third kappa shape index (κ3) is 4.49. The highest BCUT2D eigenvalue weighted by atomic mass is 35.5. The van der Waals surface area contributed by atoms with Crippen LogP contribution in [0.25, 0.3) is 0 Å². The van der Waals surface area contributed by atoms with Crippen molar-refractivity contribution in [1.82, 2.24) is 10.2 Å². The van der Waals surface area contributed by atoms with Gasteiger partial charge in [0, 0.05) is 18.0 Å². The van der Waals surface area contributed by atoms with Gasteiger partial charge >= 0.3 is 0 Å². The molecule has 1 N–H and O–H groups in total. The molecule has 1 amide bonds. The van der Waals surface area contributed by atoms with E-state index in [1.165, 1.54) is 23.3 Å². The van der Waals surface area contributed by atoms with Crippen molar-refractivity contribution in [2.24, 2.45) is 11.8 Å². The normalized spacial score (nSPS) is 21.7. The van der Waals surface area contributed by atoms with Crippen LogP contribution in [-0.4, -0.2) is 37.0 Å². The number of likely N-dealkylation sites (tertiary alicyclic amines) is 1. The molecule has 23 heavy (non-hydrogen) atoms. The van der Waals surface area contributed by atoms with Crippen molar-refractivity contribution in [2.75, 3.05) is 26.2 Å². The van der Waals surface area contributed by atoms with Gasteiger partial charge in [-0.05, 0) is 68.7 Å². The Morgan fingerprint density at radius 2 is 2.09 bits per heavy atom. The first-order valence-corrected chi connectivity index (χ1v) is 9.60. The predicted molar refractivity (Wildman–Crippen MR) is 99.9 cm³/mol. The van der Waals surface area contributed by atoms with E-state index in [2.05, 4.69) is 30.1 Å². The Kier molecular flexibility index (Phi) is 6.93. The molecular formula is C18H29ClN2OS. The highest BCUT2D eigenvalue weighted by molar-refractivity contribution is 7.14. The van der Waals surface area contributed by atoms with E-state index < -0.39 is 0 Å². The summed E-state index contributed by atoms with van der Waals surface area (Å²) in [6, 6.07) is 2.18. The van der Waals surface area contributed by atoms with Gasteiger partial charge in [0.1, 0.15) is 0 Å². The van der Waals surface area contributed by atoms with Gasteiger partial charge in [-0.25, -0.2) is 0 Å².